The summed E-state index contributed by atoms with van der Waals surface area (Å²) in [6.45, 7) is 5.62. The molecule has 28 heavy (non-hydrogen) atoms. The second-order valence-corrected chi connectivity index (χ2v) is 7.78. The Kier molecular flexibility index (Phi) is 7.08. The highest BCUT2D eigenvalue weighted by molar-refractivity contribution is 7.10. The van der Waals surface area contributed by atoms with Crippen LogP contribution in [0.3, 0.4) is 0 Å². The fourth-order valence-electron chi connectivity index (χ4n) is 2.64. The van der Waals surface area contributed by atoms with Gasteiger partial charge in [-0.2, -0.15) is 18.4 Å². The normalized spacial score (nSPS) is 13.6. The van der Waals surface area contributed by atoms with Crippen LogP contribution in [-0.2, 0) is 11.0 Å². The first-order valence-corrected chi connectivity index (χ1v) is 9.61. The Labute approximate surface area is 165 Å². The van der Waals surface area contributed by atoms with E-state index in [1.54, 1.807) is 0 Å². The number of thiophene rings is 1. The number of ether oxygens (including phenoxy) is 1. The van der Waals surface area contributed by atoms with Gasteiger partial charge in [0.25, 0.3) is 5.91 Å². The molecule has 0 fully saturated rings. The fourth-order valence-corrected chi connectivity index (χ4v) is 3.38. The summed E-state index contributed by atoms with van der Waals surface area (Å²) in [6, 6.07) is 8.15. The van der Waals surface area contributed by atoms with E-state index in [-0.39, 0.29) is 17.7 Å². The molecule has 0 aliphatic carbocycles. The molecular formula is C20H21F3N2O2S. The van der Waals surface area contributed by atoms with Gasteiger partial charge >= 0.3 is 6.18 Å². The zero-order valence-corrected chi connectivity index (χ0v) is 16.5. The molecule has 150 valence electrons. The molecule has 2 unspecified atom stereocenters. The second kappa shape index (κ2) is 9.11. The quantitative estimate of drug-likeness (QED) is 0.673. The minimum atomic E-state index is -4.69. The van der Waals surface area contributed by atoms with Crippen molar-refractivity contribution in [3.63, 3.8) is 0 Å². The van der Waals surface area contributed by atoms with Crippen molar-refractivity contribution in [3.8, 4) is 11.8 Å². The van der Waals surface area contributed by atoms with Crippen molar-refractivity contribution in [1.82, 2.24) is 5.32 Å². The van der Waals surface area contributed by atoms with Gasteiger partial charge in [0, 0.05) is 4.88 Å². The zero-order chi connectivity index (χ0) is 20.9. The first kappa shape index (κ1) is 21.8. The molecule has 0 radical (unpaired) electrons. The Hall–Kier alpha value is -2.53. The maximum absolute atomic E-state index is 13.2. The number of alkyl halides is 3. The van der Waals surface area contributed by atoms with Gasteiger partial charge in [0.15, 0.2) is 6.10 Å². The van der Waals surface area contributed by atoms with E-state index in [0.29, 0.717) is 6.42 Å². The second-order valence-electron chi connectivity index (χ2n) is 6.80. The summed E-state index contributed by atoms with van der Waals surface area (Å²) in [5.41, 5.74) is -1.57. The maximum atomic E-state index is 13.2. The number of carbonyl (C=O) groups is 1. The van der Waals surface area contributed by atoms with E-state index in [9.17, 15) is 18.0 Å². The van der Waals surface area contributed by atoms with Crippen molar-refractivity contribution in [2.75, 3.05) is 0 Å². The molecule has 0 aliphatic heterocycles. The topological polar surface area (TPSA) is 62.1 Å². The Morgan fingerprint density at radius 2 is 2.00 bits per heavy atom. The van der Waals surface area contributed by atoms with Gasteiger partial charge in [-0.15, -0.1) is 11.3 Å². The van der Waals surface area contributed by atoms with E-state index < -0.39 is 29.3 Å². The summed E-state index contributed by atoms with van der Waals surface area (Å²) in [7, 11) is 0. The smallest absolute Gasteiger partial charge is 0.417 e. The van der Waals surface area contributed by atoms with Gasteiger partial charge in [0.2, 0.25) is 0 Å². The number of hydrogen-bond donors (Lipinski definition) is 1. The Morgan fingerprint density at radius 3 is 2.54 bits per heavy atom. The van der Waals surface area contributed by atoms with Crippen molar-refractivity contribution in [1.29, 1.82) is 5.26 Å². The molecular weight excluding hydrogens is 389 g/mol. The minimum absolute atomic E-state index is 0.0910. The van der Waals surface area contributed by atoms with Gasteiger partial charge in [-0.1, -0.05) is 19.9 Å². The highest BCUT2D eigenvalue weighted by atomic mass is 32.1. The molecule has 0 saturated heterocycles. The zero-order valence-electron chi connectivity index (χ0n) is 15.7. The van der Waals surface area contributed by atoms with Gasteiger partial charge < -0.3 is 10.1 Å². The van der Waals surface area contributed by atoms with Crippen LogP contribution in [0.5, 0.6) is 5.75 Å². The lowest BCUT2D eigenvalue weighted by atomic mass is 10.0. The van der Waals surface area contributed by atoms with E-state index in [2.05, 4.69) is 5.32 Å². The predicted molar refractivity (Wildman–Crippen MR) is 101 cm³/mol. The summed E-state index contributed by atoms with van der Waals surface area (Å²) in [6.07, 6.45) is -5.30. The van der Waals surface area contributed by atoms with Gasteiger partial charge in [0.05, 0.1) is 23.2 Å². The molecule has 2 rings (SSSR count). The lowest BCUT2D eigenvalue weighted by molar-refractivity contribution is -0.137. The monoisotopic (exact) mass is 410 g/mol. The third-order valence-corrected chi connectivity index (χ3v) is 5.06. The summed E-state index contributed by atoms with van der Waals surface area (Å²) in [5, 5.41) is 13.6. The summed E-state index contributed by atoms with van der Waals surface area (Å²) < 4.78 is 45.1. The van der Waals surface area contributed by atoms with Gasteiger partial charge in [-0.25, -0.2) is 0 Å². The van der Waals surface area contributed by atoms with Crippen LogP contribution >= 0.6 is 11.3 Å². The molecule has 1 N–H and O–H groups in total. The van der Waals surface area contributed by atoms with Crippen LogP contribution in [0, 0.1) is 17.2 Å². The van der Waals surface area contributed by atoms with Crippen molar-refractivity contribution in [2.24, 2.45) is 5.92 Å². The molecule has 4 nitrogen and oxygen atoms in total. The number of rotatable bonds is 7. The van der Waals surface area contributed by atoms with Crippen molar-refractivity contribution >= 4 is 17.2 Å². The van der Waals surface area contributed by atoms with Gasteiger partial charge in [-0.05, 0) is 48.9 Å². The Bertz CT molecular complexity index is 842. The first-order chi connectivity index (χ1) is 13.1. The maximum Gasteiger partial charge on any atom is 0.417 e. The molecule has 0 aliphatic rings. The van der Waals surface area contributed by atoms with Crippen LogP contribution in [-0.4, -0.2) is 12.0 Å². The third-order valence-electron chi connectivity index (χ3n) is 4.00. The van der Waals surface area contributed by atoms with Crippen LogP contribution < -0.4 is 10.1 Å². The molecule has 1 aromatic carbocycles. The number of nitriles is 1. The van der Waals surface area contributed by atoms with Gasteiger partial charge in [-0.3, -0.25) is 4.79 Å². The highest BCUT2D eigenvalue weighted by Gasteiger charge is 2.34. The Balaban J connectivity index is 2.22. The largest absolute Gasteiger partial charge is 0.481 e. The highest BCUT2D eigenvalue weighted by Crippen LogP contribution is 2.34. The number of nitrogens with one attached hydrogen (secondary N) is 1. The van der Waals surface area contributed by atoms with E-state index in [4.69, 9.17) is 10.00 Å². The molecule has 2 atom stereocenters. The first-order valence-electron chi connectivity index (χ1n) is 8.73. The van der Waals surface area contributed by atoms with Crippen LogP contribution in [0.15, 0.2) is 35.7 Å². The number of hydrogen-bond acceptors (Lipinski definition) is 4. The van der Waals surface area contributed by atoms with Crippen molar-refractivity contribution < 1.29 is 22.7 Å². The number of nitrogens with zero attached hydrogens (tertiary/aromatic N) is 1. The fraction of sp³-hybridized carbons (Fsp3) is 0.400. The molecule has 2 aromatic rings. The number of amides is 1. The van der Waals surface area contributed by atoms with Crippen LogP contribution in [0.1, 0.15) is 49.2 Å². The predicted octanol–water partition coefficient (Wildman–Crippen LogP) is 5.31. The van der Waals surface area contributed by atoms with Crippen molar-refractivity contribution in [2.45, 2.75) is 45.5 Å². The minimum Gasteiger partial charge on any atom is -0.481 e. The van der Waals surface area contributed by atoms with E-state index in [1.165, 1.54) is 23.5 Å². The molecule has 1 aromatic heterocycles. The van der Waals surface area contributed by atoms with Gasteiger partial charge in [0.1, 0.15) is 5.75 Å². The molecule has 1 amide bonds. The molecule has 1 heterocycles. The standard InChI is InChI=1S/C20H21F3N2O2S/c1-12(2)9-17(19(26)25-13(3)18-5-4-8-28-18)27-15-7-6-14(11-24)16(10-15)20(21,22)23/h4-8,10,12-13,17H,9H2,1-3H3,(H,25,26). The molecule has 0 bridgehead atoms. The average Bonchev–Trinajstić information content (AvgIpc) is 3.14. The summed E-state index contributed by atoms with van der Waals surface area (Å²) in [5.74, 6) is -0.406. The number of benzene rings is 1. The van der Waals surface area contributed by atoms with E-state index in [1.807, 2.05) is 38.3 Å². The summed E-state index contributed by atoms with van der Waals surface area (Å²) in [4.78, 5) is 13.7. The number of carbonyl (C=O) groups excluding carboxylic acids is 1. The van der Waals surface area contributed by atoms with Crippen LogP contribution in [0.25, 0.3) is 0 Å². The third kappa shape index (κ3) is 5.73. The van der Waals surface area contributed by atoms with E-state index in [0.717, 1.165) is 17.0 Å². The van der Waals surface area contributed by atoms with Crippen LogP contribution in [0.4, 0.5) is 13.2 Å². The van der Waals surface area contributed by atoms with Crippen molar-refractivity contribution in [3.05, 3.63) is 51.7 Å². The van der Waals surface area contributed by atoms with Crippen LogP contribution in [0.2, 0.25) is 0 Å². The lowest BCUT2D eigenvalue weighted by Crippen LogP contribution is -2.40. The van der Waals surface area contributed by atoms with E-state index >= 15 is 0 Å². The average molecular weight is 410 g/mol. The number of halogens is 3. The Morgan fingerprint density at radius 1 is 1.29 bits per heavy atom. The molecule has 0 saturated carbocycles. The SMILES string of the molecule is CC(C)CC(Oc1ccc(C#N)c(C(F)(F)F)c1)C(=O)NC(C)c1cccs1. The summed E-state index contributed by atoms with van der Waals surface area (Å²) >= 11 is 1.50. The lowest BCUT2D eigenvalue weighted by Gasteiger charge is -2.23. The molecule has 0 spiro atoms. The molecule has 8 heteroatoms.